The SMILES string of the molecule is CN(C)C(=O)CCn1ccn2nccc2c1=O. The van der Waals surface area contributed by atoms with E-state index in [2.05, 4.69) is 5.10 Å². The predicted octanol–water partition coefficient (Wildman–Crippen LogP) is -0.0257. The zero-order valence-electron chi connectivity index (χ0n) is 9.83. The summed E-state index contributed by atoms with van der Waals surface area (Å²) in [4.78, 5) is 24.9. The molecule has 6 heteroatoms. The fourth-order valence-corrected chi connectivity index (χ4v) is 1.58. The Balaban J connectivity index is 2.22. The summed E-state index contributed by atoms with van der Waals surface area (Å²) in [5.41, 5.74) is 0.390. The molecule has 0 aliphatic carbocycles. The van der Waals surface area contributed by atoms with Crippen molar-refractivity contribution in [2.75, 3.05) is 14.1 Å². The molecule has 0 fully saturated rings. The number of nitrogens with zero attached hydrogens (tertiary/aromatic N) is 4. The van der Waals surface area contributed by atoms with Crippen LogP contribution in [0.15, 0.2) is 29.5 Å². The molecule has 90 valence electrons. The van der Waals surface area contributed by atoms with Gasteiger partial charge >= 0.3 is 0 Å². The first kappa shape index (κ1) is 11.4. The van der Waals surface area contributed by atoms with Crippen molar-refractivity contribution >= 4 is 11.4 Å². The van der Waals surface area contributed by atoms with E-state index in [1.165, 1.54) is 14.0 Å². The van der Waals surface area contributed by atoms with Gasteiger partial charge in [0.15, 0.2) is 0 Å². The highest BCUT2D eigenvalue weighted by Crippen LogP contribution is 1.96. The second kappa shape index (κ2) is 4.40. The first-order valence-electron chi connectivity index (χ1n) is 5.32. The smallest absolute Gasteiger partial charge is 0.276 e. The first-order chi connectivity index (χ1) is 8.09. The second-order valence-corrected chi connectivity index (χ2v) is 4.00. The molecule has 6 nitrogen and oxygen atoms in total. The molecule has 17 heavy (non-hydrogen) atoms. The minimum atomic E-state index is -0.128. The molecular weight excluding hydrogens is 220 g/mol. The van der Waals surface area contributed by atoms with Crippen LogP contribution in [0.1, 0.15) is 6.42 Å². The molecule has 0 aliphatic rings. The summed E-state index contributed by atoms with van der Waals surface area (Å²) in [5.74, 6) is 0.00489. The number of amides is 1. The molecule has 2 heterocycles. The average molecular weight is 234 g/mol. The summed E-state index contributed by atoms with van der Waals surface area (Å²) >= 11 is 0. The Kier molecular flexibility index (Phi) is 2.95. The number of fused-ring (bicyclic) bond motifs is 1. The molecule has 0 aromatic carbocycles. The Morgan fingerprint density at radius 2 is 2.18 bits per heavy atom. The van der Waals surface area contributed by atoms with E-state index in [4.69, 9.17) is 0 Å². The Morgan fingerprint density at radius 1 is 1.41 bits per heavy atom. The Bertz CT molecular complexity index is 597. The zero-order chi connectivity index (χ0) is 12.4. The molecule has 2 aromatic rings. The van der Waals surface area contributed by atoms with Gasteiger partial charge in [-0.05, 0) is 6.07 Å². The van der Waals surface area contributed by atoms with Crippen LogP contribution in [0.4, 0.5) is 0 Å². The molecule has 0 aliphatic heterocycles. The molecule has 1 amide bonds. The molecule has 0 N–H and O–H groups in total. The van der Waals surface area contributed by atoms with Crippen molar-refractivity contribution in [3.63, 3.8) is 0 Å². The zero-order valence-corrected chi connectivity index (χ0v) is 9.83. The third-order valence-corrected chi connectivity index (χ3v) is 2.60. The fraction of sp³-hybridized carbons (Fsp3) is 0.364. The van der Waals surface area contributed by atoms with Crippen molar-refractivity contribution in [3.05, 3.63) is 35.0 Å². The van der Waals surface area contributed by atoms with Crippen LogP contribution in [-0.2, 0) is 11.3 Å². The molecule has 2 rings (SSSR count). The van der Waals surface area contributed by atoms with Crippen LogP contribution < -0.4 is 5.56 Å². The van der Waals surface area contributed by atoms with Crippen molar-refractivity contribution in [1.29, 1.82) is 0 Å². The topological polar surface area (TPSA) is 59.6 Å². The molecule has 0 saturated heterocycles. The number of carbonyl (C=O) groups excluding carboxylic acids is 1. The molecule has 0 unspecified atom stereocenters. The first-order valence-corrected chi connectivity index (χ1v) is 5.32. The number of aromatic nitrogens is 3. The summed E-state index contributed by atoms with van der Waals surface area (Å²) in [6.07, 6.45) is 5.24. The van der Waals surface area contributed by atoms with Gasteiger partial charge in [-0.3, -0.25) is 9.59 Å². The highest BCUT2D eigenvalue weighted by atomic mass is 16.2. The van der Waals surface area contributed by atoms with Gasteiger partial charge in [-0.1, -0.05) is 0 Å². The largest absolute Gasteiger partial charge is 0.349 e. The molecule has 0 bridgehead atoms. The van der Waals surface area contributed by atoms with E-state index in [9.17, 15) is 9.59 Å². The number of hydrogen-bond donors (Lipinski definition) is 0. The summed E-state index contributed by atoms with van der Waals surface area (Å²) in [6, 6.07) is 1.66. The molecule has 0 atom stereocenters. The van der Waals surface area contributed by atoms with Crippen LogP contribution in [0.25, 0.3) is 5.52 Å². The van der Waals surface area contributed by atoms with Gasteiger partial charge in [0.2, 0.25) is 5.91 Å². The fourth-order valence-electron chi connectivity index (χ4n) is 1.58. The molecule has 2 aromatic heterocycles. The highest BCUT2D eigenvalue weighted by Gasteiger charge is 2.07. The maximum atomic E-state index is 11.9. The van der Waals surface area contributed by atoms with Crippen molar-refractivity contribution in [3.8, 4) is 0 Å². The van der Waals surface area contributed by atoms with Gasteiger partial charge in [0.05, 0.1) is 6.20 Å². The lowest BCUT2D eigenvalue weighted by Crippen LogP contribution is -2.27. The van der Waals surface area contributed by atoms with Crippen molar-refractivity contribution in [2.45, 2.75) is 13.0 Å². The quantitative estimate of drug-likeness (QED) is 0.749. The van der Waals surface area contributed by atoms with Gasteiger partial charge in [-0.15, -0.1) is 0 Å². The van der Waals surface area contributed by atoms with Crippen LogP contribution in [-0.4, -0.2) is 39.1 Å². The van der Waals surface area contributed by atoms with E-state index in [1.807, 2.05) is 0 Å². The summed E-state index contributed by atoms with van der Waals surface area (Å²) in [6.45, 7) is 0.386. The average Bonchev–Trinajstić information content (AvgIpc) is 2.76. The van der Waals surface area contributed by atoms with E-state index in [-0.39, 0.29) is 11.5 Å². The van der Waals surface area contributed by atoms with Crippen LogP contribution in [0, 0.1) is 0 Å². The normalized spacial score (nSPS) is 10.7. The van der Waals surface area contributed by atoms with Crippen LogP contribution in [0.2, 0.25) is 0 Å². The lowest BCUT2D eigenvalue weighted by atomic mass is 10.3. The van der Waals surface area contributed by atoms with Crippen molar-refractivity contribution in [2.24, 2.45) is 0 Å². The molecule has 0 spiro atoms. The second-order valence-electron chi connectivity index (χ2n) is 4.00. The molecule has 0 radical (unpaired) electrons. The van der Waals surface area contributed by atoms with Gasteiger partial charge in [0, 0.05) is 39.5 Å². The van der Waals surface area contributed by atoms with Crippen LogP contribution >= 0.6 is 0 Å². The Morgan fingerprint density at radius 3 is 2.88 bits per heavy atom. The number of carbonyl (C=O) groups is 1. The van der Waals surface area contributed by atoms with Gasteiger partial charge in [0.1, 0.15) is 5.52 Å². The summed E-state index contributed by atoms with van der Waals surface area (Å²) in [5, 5.41) is 3.97. The minimum Gasteiger partial charge on any atom is -0.349 e. The monoisotopic (exact) mass is 234 g/mol. The van der Waals surface area contributed by atoms with E-state index in [1.54, 1.807) is 38.8 Å². The van der Waals surface area contributed by atoms with Crippen molar-refractivity contribution in [1.82, 2.24) is 19.1 Å². The lowest BCUT2D eigenvalue weighted by molar-refractivity contribution is -0.128. The summed E-state index contributed by atoms with van der Waals surface area (Å²) in [7, 11) is 3.40. The van der Waals surface area contributed by atoms with E-state index < -0.39 is 0 Å². The predicted molar refractivity (Wildman–Crippen MR) is 62.8 cm³/mol. The van der Waals surface area contributed by atoms with E-state index >= 15 is 0 Å². The lowest BCUT2D eigenvalue weighted by Gasteiger charge is -2.11. The minimum absolute atomic E-state index is 0.00489. The number of rotatable bonds is 3. The van der Waals surface area contributed by atoms with Crippen molar-refractivity contribution < 1.29 is 4.79 Å². The molecule has 0 saturated carbocycles. The maximum Gasteiger partial charge on any atom is 0.276 e. The Hall–Kier alpha value is -2.11. The maximum absolute atomic E-state index is 11.9. The van der Waals surface area contributed by atoms with E-state index in [0.29, 0.717) is 18.5 Å². The third-order valence-electron chi connectivity index (χ3n) is 2.60. The highest BCUT2D eigenvalue weighted by molar-refractivity contribution is 5.75. The standard InChI is InChI=1S/C11H14N4O2/c1-13(2)10(16)4-6-14-7-8-15-9(11(14)17)3-5-12-15/h3,5,7-8H,4,6H2,1-2H3. The Labute approximate surface area is 98.1 Å². The van der Waals surface area contributed by atoms with Crippen LogP contribution in [0.3, 0.4) is 0 Å². The third kappa shape index (κ3) is 2.20. The van der Waals surface area contributed by atoms with Crippen LogP contribution in [0.5, 0.6) is 0 Å². The van der Waals surface area contributed by atoms with Gasteiger partial charge < -0.3 is 9.47 Å². The number of hydrogen-bond acceptors (Lipinski definition) is 3. The molecular formula is C11H14N4O2. The van der Waals surface area contributed by atoms with Gasteiger partial charge in [-0.25, -0.2) is 4.52 Å². The number of aryl methyl sites for hydroxylation is 1. The van der Waals surface area contributed by atoms with Gasteiger partial charge in [-0.2, -0.15) is 5.10 Å². The summed E-state index contributed by atoms with van der Waals surface area (Å²) < 4.78 is 3.05. The van der Waals surface area contributed by atoms with Gasteiger partial charge in [0.25, 0.3) is 5.56 Å². The van der Waals surface area contributed by atoms with E-state index in [0.717, 1.165) is 0 Å².